The third kappa shape index (κ3) is 3.54. The number of nitrogens with zero attached hydrogens (tertiary/aromatic N) is 1. The highest BCUT2D eigenvalue weighted by Crippen LogP contribution is 2.35. The van der Waals surface area contributed by atoms with Crippen LogP contribution < -0.4 is 13.8 Å². The third-order valence-electron chi connectivity index (χ3n) is 3.56. The molecule has 0 amide bonds. The van der Waals surface area contributed by atoms with Crippen LogP contribution in [0.25, 0.3) is 0 Å². The number of hydrogen-bond donors (Lipinski definition) is 0. The van der Waals surface area contributed by atoms with Gasteiger partial charge in [-0.1, -0.05) is 23.8 Å². The van der Waals surface area contributed by atoms with Crippen LogP contribution in [-0.2, 0) is 10.0 Å². The van der Waals surface area contributed by atoms with E-state index in [1.165, 1.54) is 24.6 Å². The Morgan fingerprint density at radius 3 is 2.29 bits per heavy atom. The van der Waals surface area contributed by atoms with E-state index < -0.39 is 10.0 Å². The Labute approximate surface area is 143 Å². The zero-order chi connectivity index (χ0) is 17.7. The summed E-state index contributed by atoms with van der Waals surface area (Å²) in [5, 5.41) is 0. The summed E-state index contributed by atoms with van der Waals surface area (Å²) in [6.07, 6.45) is 1.53. The SMILES string of the molecule is C=CCN(c1cc(OC)ccc1OC)S(=O)(=O)c1ccc(C)cc1. The van der Waals surface area contributed by atoms with Crippen LogP contribution in [-0.4, -0.2) is 29.2 Å². The number of anilines is 1. The fourth-order valence-electron chi connectivity index (χ4n) is 2.27. The van der Waals surface area contributed by atoms with Gasteiger partial charge in [0.2, 0.25) is 0 Å². The van der Waals surface area contributed by atoms with Gasteiger partial charge in [-0.15, -0.1) is 6.58 Å². The van der Waals surface area contributed by atoms with Crippen molar-refractivity contribution in [2.24, 2.45) is 0 Å². The second kappa shape index (κ2) is 7.40. The lowest BCUT2D eigenvalue weighted by molar-refractivity contribution is 0.404. The van der Waals surface area contributed by atoms with Crippen LogP contribution in [0.4, 0.5) is 5.69 Å². The van der Waals surface area contributed by atoms with Crippen molar-refractivity contribution in [2.75, 3.05) is 25.1 Å². The van der Waals surface area contributed by atoms with Crippen LogP contribution in [0.1, 0.15) is 5.56 Å². The van der Waals surface area contributed by atoms with Gasteiger partial charge >= 0.3 is 0 Å². The Balaban J connectivity index is 2.61. The van der Waals surface area contributed by atoms with Crippen molar-refractivity contribution in [1.29, 1.82) is 0 Å². The van der Waals surface area contributed by atoms with Gasteiger partial charge in [0.05, 0.1) is 31.3 Å². The minimum Gasteiger partial charge on any atom is -0.497 e. The second-order valence-corrected chi connectivity index (χ2v) is 7.04. The van der Waals surface area contributed by atoms with Gasteiger partial charge in [-0.2, -0.15) is 0 Å². The molecule has 0 saturated carbocycles. The molecule has 0 aliphatic carbocycles. The molecule has 2 aromatic carbocycles. The molecule has 0 fully saturated rings. The molecule has 2 rings (SSSR count). The zero-order valence-corrected chi connectivity index (χ0v) is 14.8. The number of aryl methyl sites for hydroxylation is 1. The largest absolute Gasteiger partial charge is 0.497 e. The standard InChI is InChI=1S/C18H21NO4S/c1-5-12-19(17-13-15(22-3)8-11-18(17)23-4)24(20,21)16-9-6-14(2)7-10-16/h5-11,13H,1,12H2,2-4H3. The number of hydrogen-bond acceptors (Lipinski definition) is 4. The van der Waals surface area contributed by atoms with Gasteiger partial charge in [-0.3, -0.25) is 4.31 Å². The van der Waals surface area contributed by atoms with Crippen LogP contribution in [0.3, 0.4) is 0 Å². The van der Waals surface area contributed by atoms with Crippen molar-refractivity contribution in [3.8, 4) is 11.5 Å². The molecule has 0 N–H and O–H groups in total. The summed E-state index contributed by atoms with van der Waals surface area (Å²) in [7, 11) is -0.742. The maximum Gasteiger partial charge on any atom is 0.264 e. The maximum absolute atomic E-state index is 13.1. The van der Waals surface area contributed by atoms with E-state index in [0.29, 0.717) is 17.2 Å². The molecule has 0 heterocycles. The molecule has 0 bridgehead atoms. The molecule has 24 heavy (non-hydrogen) atoms. The summed E-state index contributed by atoms with van der Waals surface area (Å²) < 4.78 is 38.0. The summed E-state index contributed by atoms with van der Waals surface area (Å²) in [5.74, 6) is 0.979. The van der Waals surface area contributed by atoms with Gasteiger partial charge in [-0.25, -0.2) is 8.42 Å². The fourth-order valence-corrected chi connectivity index (χ4v) is 3.71. The summed E-state index contributed by atoms with van der Waals surface area (Å²) in [4.78, 5) is 0.208. The van der Waals surface area contributed by atoms with Crippen molar-refractivity contribution in [3.63, 3.8) is 0 Å². The van der Waals surface area contributed by atoms with E-state index >= 15 is 0 Å². The van der Waals surface area contributed by atoms with E-state index in [9.17, 15) is 8.42 Å². The molecule has 0 spiro atoms. The highest BCUT2D eigenvalue weighted by Gasteiger charge is 2.26. The van der Waals surface area contributed by atoms with E-state index in [0.717, 1.165) is 5.56 Å². The Morgan fingerprint density at radius 2 is 1.75 bits per heavy atom. The maximum atomic E-state index is 13.1. The van der Waals surface area contributed by atoms with Crippen LogP contribution in [0, 0.1) is 6.92 Å². The second-order valence-electron chi connectivity index (χ2n) is 5.18. The van der Waals surface area contributed by atoms with Crippen molar-refractivity contribution in [1.82, 2.24) is 0 Å². The van der Waals surface area contributed by atoms with Gasteiger partial charge in [0, 0.05) is 6.07 Å². The molecule has 0 radical (unpaired) electrons. The van der Waals surface area contributed by atoms with Crippen molar-refractivity contribution in [3.05, 3.63) is 60.7 Å². The monoisotopic (exact) mass is 347 g/mol. The number of methoxy groups -OCH3 is 2. The van der Waals surface area contributed by atoms with Crippen LogP contribution >= 0.6 is 0 Å². The molecule has 5 nitrogen and oxygen atoms in total. The molecule has 2 aromatic rings. The predicted molar refractivity (Wildman–Crippen MR) is 95.5 cm³/mol. The van der Waals surface area contributed by atoms with Gasteiger partial charge in [-0.05, 0) is 31.2 Å². The highest BCUT2D eigenvalue weighted by molar-refractivity contribution is 7.92. The van der Waals surface area contributed by atoms with E-state index in [4.69, 9.17) is 9.47 Å². The number of rotatable bonds is 7. The first-order valence-electron chi connectivity index (χ1n) is 7.36. The third-order valence-corrected chi connectivity index (χ3v) is 5.35. The smallest absolute Gasteiger partial charge is 0.264 e. The zero-order valence-electron chi connectivity index (χ0n) is 14.0. The van der Waals surface area contributed by atoms with Gasteiger partial charge in [0.25, 0.3) is 10.0 Å². The summed E-state index contributed by atoms with van der Waals surface area (Å²) in [6, 6.07) is 11.7. The lowest BCUT2D eigenvalue weighted by Crippen LogP contribution is -2.31. The van der Waals surface area contributed by atoms with Gasteiger partial charge in [0.15, 0.2) is 0 Å². The molecule has 6 heteroatoms. The lowest BCUT2D eigenvalue weighted by Gasteiger charge is -2.25. The van der Waals surface area contributed by atoms with E-state index in [1.54, 1.807) is 42.5 Å². The quantitative estimate of drug-likeness (QED) is 0.721. The molecule has 0 unspecified atom stereocenters. The average molecular weight is 347 g/mol. The Morgan fingerprint density at radius 1 is 1.08 bits per heavy atom. The molecule has 0 aliphatic heterocycles. The Hall–Kier alpha value is -2.47. The summed E-state index contributed by atoms with van der Waals surface area (Å²) in [6.45, 7) is 5.68. The summed E-state index contributed by atoms with van der Waals surface area (Å²) >= 11 is 0. The molecular weight excluding hydrogens is 326 g/mol. The van der Waals surface area contributed by atoms with E-state index in [2.05, 4.69) is 6.58 Å². The number of sulfonamides is 1. The number of ether oxygens (including phenoxy) is 2. The normalized spacial score (nSPS) is 11.0. The van der Waals surface area contributed by atoms with Crippen LogP contribution in [0.2, 0.25) is 0 Å². The highest BCUT2D eigenvalue weighted by atomic mass is 32.2. The molecule has 0 atom stereocenters. The van der Waals surface area contributed by atoms with Gasteiger partial charge < -0.3 is 9.47 Å². The first-order valence-corrected chi connectivity index (χ1v) is 8.80. The topological polar surface area (TPSA) is 55.8 Å². The predicted octanol–water partition coefficient (Wildman–Crippen LogP) is 3.39. The Bertz CT molecular complexity index is 813. The fraction of sp³-hybridized carbons (Fsp3) is 0.222. The van der Waals surface area contributed by atoms with E-state index in [1.807, 2.05) is 6.92 Å². The lowest BCUT2D eigenvalue weighted by atomic mass is 10.2. The van der Waals surface area contributed by atoms with E-state index in [-0.39, 0.29) is 11.4 Å². The molecular formula is C18H21NO4S. The molecule has 0 aliphatic rings. The van der Waals surface area contributed by atoms with Crippen molar-refractivity contribution < 1.29 is 17.9 Å². The first-order chi connectivity index (χ1) is 11.4. The minimum atomic E-state index is -3.76. The average Bonchev–Trinajstić information content (AvgIpc) is 2.59. The molecule has 0 saturated heterocycles. The Kier molecular flexibility index (Phi) is 5.51. The van der Waals surface area contributed by atoms with Crippen LogP contribution in [0.5, 0.6) is 11.5 Å². The molecule has 0 aromatic heterocycles. The molecule has 128 valence electrons. The first kappa shape index (κ1) is 17.9. The van der Waals surface area contributed by atoms with Gasteiger partial charge in [0.1, 0.15) is 11.5 Å². The minimum absolute atomic E-state index is 0.111. The van der Waals surface area contributed by atoms with Crippen molar-refractivity contribution >= 4 is 15.7 Å². The van der Waals surface area contributed by atoms with Crippen molar-refractivity contribution in [2.45, 2.75) is 11.8 Å². The summed E-state index contributed by atoms with van der Waals surface area (Å²) in [5.41, 5.74) is 1.39. The number of benzene rings is 2. The van der Waals surface area contributed by atoms with Crippen LogP contribution in [0.15, 0.2) is 60.0 Å².